The van der Waals surface area contributed by atoms with Crippen molar-refractivity contribution in [3.63, 3.8) is 0 Å². The number of quaternary nitrogens is 1. The zero-order valence-corrected chi connectivity index (χ0v) is 22.1. The molecule has 2 amide bonds. The lowest BCUT2D eigenvalue weighted by molar-refractivity contribution is -0.896. The average Bonchev–Trinajstić information content (AvgIpc) is 2.89. The number of carbonyl (C=O) groups is 3. The van der Waals surface area contributed by atoms with E-state index in [0.29, 0.717) is 12.1 Å². The van der Waals surface area contributed by atoms with Crippen molar-refractivity contribution in [1.82, 2.24) is 0 Å². The molecule has 0 aliphatic carbocycles. The summed E-state index contributed by atoms with van der Waals surface area (Å²) in [6.45, 7) is 1.91. The number of aromatic carboxylic acids is 1. The van der Waals surface area contributed by atoms with E-state index in [1.807, 2.05) is 42.5 Å². The van der Waals surface area contributed by atoms with E-state index in [1.165, 1.54) is 6.07 Å². The lowest BCUT2D eigenvalue weighted by atomic mass is 9.99. The van der Waals surface area contributed by atoms with Gasteiger partial charge in [-0.2, -0.15) is 0 Å². The van der Waals surface area contributed by atoms with Gasteiger partial charge in [-0.1, -0.05) is 36.4 Å². The second-order valence-corrected chi connectivity index (χ2v) is 10.4. The molecule has 39 heavy (non-hydrogen) atoms. The number of nitrogens with zero attached hydrogens (tertiary/aromatic N) is 1. The fourth-order valence-electron chi connectivity index (χ4n) is 4.61. The Bertz CT molecular complexity index is 1350. The van der Waals surface area contributed by atoms with Gasteiger partial charge in [-0.25, -0.2) is 14.0 Å². The molecule has 204 valence electrons. The molecule has 1 fully saturated rings. The highest BCUT2D eigenvalue weighted by Gasteiger charge is 2.28. The maximum Gasteiger partial charge on any atom is 0.411 e. The smallest absolute Gasteiger partial charge is 0.411 e. The maximum atomic E-state index is 13.9. The highest BCUT2D eigenvalue weighted by Crippen LogP contribution is 2.30. The summed E-state index contributed by atoms with van der Waals surface area (Å²) in [5, 5.41) is 14.5. The Hall–Kier alpha value is -4.24. The normalized spacial score (nSPS) is 14.8. The van der Waals surface area contributed by atoms with Crippen molar-refractivity contribution in [3.05, 3.63) is 83.7 Å². The number of piperidine rings is 1. The van der Waals surface area contributed by atoms with Gasteiger partial charge in [0, 0.05) is 30.5 Å². The van der Waals surface area contributed by atoms with Gasteiger partial charge in [0.25, 0.3) is 0 Å². The Morgan fingerprint density at radius 3 is 2.36 bits per heavy atom. The van der Waals surface area contributed by atoms with Crippen LogP contribution in [0.5, 0.6) is 0 Å². The monoisotopic (exact) mass is 534 g/mol. The second kappa shape index (κ2) is 12.1. The number of aryl methyl sites for hydroxylation is 1. The van der Waals surface area contributed by atoms with Gasteiger partial charge < -0.3 is 19.6 Å². The molecule has 1 aliphatic heterocycles. The topological polar surface area (TPSA) is 105 Å². The number of carboxylic acid groups (broad SMARTS) is 1. The van der Waals surface area contributed by atoms with E-state index >= 15 is 0 Å². The Morgan fingerprint density at radius 1 is 0.974 bits per heavy atom. The molecule has 3 aromatic carbocycles. The third-order valence-corrected chi connectivity index (χ3v) is 6.92. The summed E-state index contributed by atoms with van der Waals surface area (Å²) >= 11 is 0. The number of anilines is 2. The molecule has 3 aromatic rings. The molecule has 4 rings (SSSR count). The molecule has 1 saturated heterocycles. The molecule has 0 bridgehead atoms. The number of benzene rings is 3. The van der Waals surface area contributed by atoms with Crippen LogP contribution in [0.1, 0.15) is 35.2 Å². The van der Waals surface area contributed by atoms with Gasteiger partial charge in [0.2, 0.25) is 5.91 Å². The fourth-order valence-corrected chi connectivity index (χ4v) is 4.61. The molecule has 0 saturated carbocycles. The summed E-state index contributed by atoms with van der Waals surface area (Å²) in [5.74, 6) is -2.62. The lowest BCUT2D eigenvalue weighted by Gasteiger charge is -2.36. The minimum absolute atomic E-state index is 0.108. The number of likely N-dealkylation sites (tertiary alicyclic amines) is 1. The highest BCUT2D eigenvalue weighted by molar-refractivity contribution is 5.93. The predicted molar refractivity (Wildman–Crippen MR) is 147 cm³/mol. The molecule has 0 radical (unpaired) electrons. The zero-order valence-electron chi connectivity index (χ0n) is 22.1. The number of hydrogen-bond donors (Lipinski definition) is 3. The van der Waals surface area contributed by atoms with Crippen molar-refractivity contribution >= 4 is 29.3 Å². The molecule has 3 N–H and O–H groups in total. The third-order valence-electron chi connectivity index (χ3n) is 6.92. The first-order chi connectivity index (χ1) is 18.6. The first-order valence-electron chi connectivity index (χ1n) is 12.9. The van der Waals surface area contributed by atoms with Crippen LogP contribution in [-0.2, 0) is 16.0 Å². The third kappa shape index (κ3) is 7.64. The van der Waals surface area contributed by atoms with Crippen LogP contribution in [0.15, 0.2) is 66.7 Å². The molecule has 0 aromatic heterocycles. The summed E-state index contributed by atoms with van der Waals surface area (Å²) < 4.78 is 20.6. The largest absolute Gasteiger partial charge is 0.478 e. The maximum absolute atomic E-state index is 13.9. The van der Waals surface area contributed by atoms with Crippen LogP contribution in [-0.4, -0.2) is 60.8 Å². The molecular formula is C30H33FN3O5+. The van der Waals surface area contributed by atoms with Gasteiger partial charge in [-0.05, 0) is 47.9 Å². The first kappa shape index (κ1) is 27.8. The van der Waals surface area contributed by atoms with Crippen molar-refractivity contribution in [2.75, 3.05) is 37.8 Å². The molecule has 0 unspecified atom stereocenters. The van der Waals surface area contributed by atoms with E-state index in [2.05, 4.69) is 24.7 Å². The van der Waals surface area contributed by atoms with E-state index in [-0.39, 0.29) is 24.1 Å². The predicted octanol–water partition coefficient (Wildman–Crippen LogP) is 5.55. The second-order valence-electron chi connectivity index (χ2n) is 10.4. The zero-order chi connectivity index (χ0) is 28.0. The van der Waals surface area contributed by atoms with Gasteiger partial charge >= 0.3 is 12.1 Å². The molecular weight excluding hydrogens is 501 g/mol. The highest BCUT2D eigenvalue weighted by atomic mass is 19.1. The summed E-state index contributed by atoms with van der Waals surface area (Å²) in [6.07, 6.45) is 1.58. The number of halogens is 1. The molecule has 8 nitrogen and oxygen atoms in total. The Balaban J connectivity index is 1.41. The van der Waals surface area contributed by atoms with E-state index in [1.54, 1.807) is 6.07 Å². The van der Waals surface area contributed by atoms with Crippen LogP contribution < -0.4 is 10.6 Å². The van der Waals surface area contributed by atoms with Gasteiger partial charge in [-0.3, -0.25) is 10.1 Å². The summed E-state index contributed by atoms with van der Waals surface area (Å²) in [4.78, 5) is 36.2. The SMILES string of the molecule is C[N+]1(C)CCC(OC(=O)Nc2ccc(CCC(=O)Nc3ccc(C(=O)O)c(F)c3)cc2-c2ccccc2)CC1. The Morgan fingerprint density at radius 2 is 1.69 bits per heavy atom. The van der Waals surface area contributed by atoms with Crippen LogP contribution in [0.25, 0.3) is 11.1 Å². The number of hydrogen-bond acceptors (Lipinski definition) is 4. The van der Waals surface area contributed by atoms with Crippen LogP contribution >= 0.6 is 0 Å². The number of amides is 2. The van der Waals surface area contributed by atoms with Crippen molar-refractivity contribution in [3.8, 4) is 11.1 Å². The fraction of sp³-hybridized carbons (Fsp3) is 0.300. The summed E-state index contributed by atoms with van der Waals surface area (Å²) in [6, 6.07) is 18.7. The number of carbonyl (C=O) groups excluding carboxylic acids is 2. The Kier molecular flexibility index (Phi) is 8.61. The minimum atomic E-state index is -1.37. The van der Waals surface area contributed by atoms with Crippen LogP contribution in [0.3, 0.4) is 0 Å². The van der Waals surface area contributed by atoms with Crippen molar-refractivity contribution in [1.29, 1.82) is 0 Å². The van der Waals surface area contributed by atoms with Gasteiger partial charge in [0.15, 0.2) is 0 Å². The number of nitrogens with one attached hydrogen (secondary N) is 2. The summed E-state index contributed by atoms with van der Waals surface area (Å²) in [7, 11) is 4.35. The van der Waals surface area contributed by atoms with E-state index in [4.69, 9.17) is 9.84 Å². The standard InChI is InChI=1S/C30H32FN3O5/c1-34(2)16-14-23(15-17-34)39-30(38)33-27-12-8-20(18-25(27)21-6-4-3-5-7-21)9-13-28(35)32-22-10-11-24(29(36)37)26(31)19-22/h3-8,10-12,18-19,23H,9,13-17H2,1-2H3,(H2-,32,33,35,36,37,38)/p+1. The van der Waals surface area contributed by atoms with Gasteiger partial charge in [0.1, 0.15) is 11.9 Å². The Labute approximate surface area is 227 Å². The van der Waals surface area contributed by atoms with Crippen LogP contribution in [0.4, 0.5) is 20.6 Å². The quantitative estimate of drug-likeness (QED) is 0.329. The molecule has 0 spiro atoms. The molecule has 1 heterocycles. The number of ether oxygens (including phenoxy) is 1. The van der Waals surface area contributed by atoms with Crippen LogP contribution in [0, 0.1) is 5.82 Å². The van der Waals surface area contributed by atoms with E-state index in [0.717, 1.165) is 59.2 Å². The van der Waals surface area contributed by atoms with Gasteiger partial charge in [-0.15, -0.1) is 0 Å². The van der Waals surface area contributed by atoms with Crippen molar-refractivity contribution < 1.29 is 33.1 Å². The molecule has 1 aliphatic rings. The summed E-state index contributed by atoms with van der Waals surface area (Å²) in [5.41, 5.74) is 2.93. The van der Waals surface area contributed by atoms with Crippen molar-refractivity contribution in [2.45, 2.75) is 31.8 Å². The minimum Gasteiger partial charge on any atom is -0.478 e. The average molecular weight is 535 g/mol. The van der Waals surface area contributed by atoms with Gasteiger partial charge in [0.05, 0.1) is 38.4 Å². The number of carboxylic acids is 1. The van der Waals surface area contributed by atoms with E-state index in [9.17, 15) is 18.8 Å². The molecule has 0 atom stereocenters. The molecule has 9 heteroatoms. The van der Waals surface area contributed by atoms with Crippen molar-refractivity contribution in [2.24, 2.45) is 0 Å². The van der Waals surface area contributed by atoms with E-state index < -0.39 is 23.4 Å². The lowest BCUT2D eigenvalue weighted by Crippen LogP contribution is -2.48. The first-order valence-corrected chi connectivity index (χ1v) is 12.9. The van der Waals surface area contributed by atoms with Crippen LogP contribution in [0.2, 0.25) is 0 Å². The number of rotatable bonds is 8.